The van der Waals surface area contributed by atoms with Gasteiger partial charge in [-0.05, 0) is 43.2 Å². The number of aryl methyl sites for hydroxylation is 2. The summed E-state index contributed by atoms with van der Waals surface area (Å²) in [5, 5.41) is 0.453. The van der Waals surface area contributed by atoms with Gasteiger partial charge in [-0.3, -0.25) is 4.72 Å². The fourth-order valence-electron chi connectivity index (χ4n) is 1.63. The molecule has 2 rings (SSSR count). The van der Waals surface area contributed by atoms with Crippen LogP contribution in [0.25, 0.3) is 0 Å². The molecule has 0 aliphatic carbocycles. The highest BCUT2D eigenvalue weighted by atomic mass is 35.5. The van der Waals surface area contributed by atoms with Crippen LogP contribution < -0.4 is 4.72 Å². The Labute approximate surface area is 117 Å². The lowest BCUT2D eigenvalue weighted by molar-refractivity contribution is 0.600. The van der Waals surface area contributed by atoms with Crippen molar-refractivity contribution in [2.24, 2.45) is 0 Å². The quantitative estimate of drug-likeness (QED) is 0.946. The maximum Gasteiger partial charge on any atom is 0.263 e. The Hall–Kier alpha value is -1.59. The van der Waals surface area contributed by atoms with E-state index in [2.05, 4.69) is 9.71 Å². The van der Waals surface area contributed by atoms with E-state index in [1.807, 2.05) is 13.0 Å². The van der Waals surface area contributed by atoms with Crippen molar-refractivity contribution in [3.8, 4) is 0 Å². The van der Waals surface area contributed by atoms with Gasteiger partial charge in [-0.2, -0.15) is 0 Å². The summed E-state index contributed by atoms with van der Waals surface area (Å²) < 4.78 is 27.0. The first-order chi connectivity index (χ1) is 8.88. The van der Waals surface area contributed by atoms with Crippen molar-refractivity contribution in [1.29, 1.82) is 0 Å². The van der Waals surface area contributed by atoms with Gasteiger partial charge in [0.1, 0.15) is 5.82 Å². The standard InChI is InChI=1S/C13H13ClN2O2S/c1-9-3-4-10(2)12(7-9)19(17,18)16-13-6-5-11(14)8-15-13/h3-8H,1-2H3,(H,15,16). The van der Waals surface area contributed by atoms with Crippen LogP contribution in [0.3, 0.4) is 0 Å². The van der Waals surface area contributed by atoms with Crippen LogP contribution in [0.15, 0.2) is 41.4 Å². The van der Waals surface area contributed by atoms with Gasteiger partial charge in [0.15, 0.2) is 0 Å². The minimum absolute atomic E-state index is 0.241. The highest BCUT2D eigenvalue weighted by molar-refractivity contribution is 7.92. The molecule has 1 aromatic carbocycles. The number of nitrogens with zero attached hydrogens (tertiary/aromatic N) is 1. The summed E-state index contributed by atoms with van der Waals surface area (Å²) in [6.45, 7) is 3.60. The van der Waals surface area contributed by atoms with E-state index in [0.717, 1.165) is 5.56 Å². The van der Waals surface area contributed by atoms with Crippen LogP contribution in [-0.4, -0.2) is 13.4 Å². The predicted molar refractivity (Wildman–Crippen MR) is 76.0 cm³/mol. The molecule has 1 aromatic heterocycles. The molecule has 100 valence electrons. The highest BCUT2D eigenvalue weighted by Crippen LogP contribution is 2.20. The average molecular weight is 297 g/mol. The van der Waals surface area contributed by atoms with Gasteiger partial charge in [0, 0.05) is 6.20 Å². The van der Waals surface area contributed by atoms with Crippen molar-refractivity contribution >= 4 is 27.4 Å². The second-order valence-electron chi connectivity index (χ2n) is 4.24. The maximum absolute atomic E-state index is 12.3. The fourth-order valence-corrected chi connectivity index (χ4v) is 3.08. The number of hydrogen-bond acceptors (Lipinski definition) is 3. The summed E-state index contributed by atoms with van der Waals surface area (Å²) in [6, 6.07) is 8.38. The molecule has 19 heavy (non-hydrogen) atoms. The lowest BCUT2D eigenvalue weighted by Crippen LogP contribution is -2.15. The van der Waals surface area contributed by atoms with Crippen molar-refractivity contribution in [3.05, 3.63) is 52.7 Å². The number of halogens is 1. The zero-order valence-electron chi connectivity index (χ0n) is 10.5. The van der Waals surface area contributed by atoms with E-state index in [1.54, 1.807) is 25.1 Å². The van der Waals surface area contributed by atoms with Crippen LogP contribution >= 0.6 is 11.6 Å². The van der Waals surface area contributed by atoms with E-state index in [-0.39, 0.29) is 10.7 Å². The van der Waals surface area contributed by atoms with Crippen molar-refractivity contribution in [2.75, 3.05) is 4.72 Å². The smallest absolute Gasteiger partial charge is 0.263 e. The molecule has 0 amide bonds. The van der Waals surface area contributed by atoms with Crippen molar-refractivity contribution in [3.63, 3.8) is 0 Å². The number of sulfonamides is 1. The molecule has 1 N–H and O–H groups in total. The first-order valence-corrected chi connectivity index (χ1v) is 7.46. The van der Waals surface area contributed by atoms with Gasteiger partial charge in [-0.25, -0.2) is 13.4 Å². The zero-order valence-corrected chi connectivity index (χ0v) is 12.1. The van der Waals surface area contributed by atoms with Gasteiger partial charge in [0.05, 0.1) is 9.92 Å². The predicted octanol–water partition coefficient (Wildman–Crippen LogP) is 3.15. The van der Waals surface area contributed by atoms with Crippen LogP contribution in [0.1, 0.15) is 11.1 Å². The lowest BCUT2D eigenvalue weighted by Gasteiger charge is -2.10. The molecule has 0 atom stereocenters. The van der Waals surface area contributed by atoms with Crippen molar-refractivity contribution < 1.29 is 8.42 Å². The molecule has 0 spiro atoms. The van der Waals surface area contributed by atoms with Crippen LogP contribution in [0.4, 0.5) is 5.82 Å². The minimum Gasteiger partial charge on any atom is -0.263 e. The summed E-state index contributed by atoms with van der Waals surface area (Å²) in [5.41, 5.74) is 1.57. The van der Waals surface area contributed by atoms with Crippen molar-refractivity contribution in [1.82, 2.24) is 4.98 Å². The third kappa shape index (κ3) is 3.24. The third-order valence-corrected chi connectivity index (χ3v) is 4.32. The number of benzene rings is 1. The molecule has 0 radical (unpaired) electrons. The molecule has 6 heteroatoms. The molecular formula is C13H13ClN2O2S. The van der Waals surface area contributed by atoms with Gasteiger partial charge in [-0.1, -0.05) is 23.7 Å². The number of anilines is 1. The first kappa shape index (κ1) is 13.8. The molecule has 0 fully saturated rings. The summed E-state index contributed by atoms with van der Waals surface area (Å²) in [7, 11) is -3.63. The Balaban J connectivity index is 2.37. The van der Waals surface area contributed by atoms with E-state index in [4.69, 9.17) is 11.6 Å². The average Bonchev–Trinajstić information content (AvgIpc) is 2.35. The van der Waals surface area contributed by atoms with E-state index in [9.17, 15) is 8.42 Å². The first-order valence-electron chi connectivity index (χ1n) is 5.60. The maximum atomic E-state index is 12.3. The number of aromatic nitrogens is 1. The second-order valence-corrected chi connectivity index (χ2v) is 6.32. The van der Waals surface area contributed by atoms with Crippen molar-refractivity contribution in [2.45, 2.75) is 18.7 Å². The molecule has 0 unspecified atom stereocenters. The number of nitrogens with one attached hydrogen (secondary N) is 1. The molecular weight excluding hydrogens is 284 g/mol. The van der Waals surface area contributed by atoms with Gasteiger partial charge in [0.25, 0.3) is 10.0 Å². The normalized spacial score (nSPS) is 11.3. The van der Waals surface area contributed by atoms with Crippen LogP contribution in [0, 0.1) is 13.8 Å². The summed E-state index contributed by atoms with van der Waals surface area (Å²) >= 11 is 5.71. The Morgan fingerprint density at radius 1 is 1.16 bits per heavy atom. The zero-order chi connectivity index (χ0) is 14.0. The Morgan fingerprint density at radius 2 is 1.89 bits per heavy atom. The number of rotatable bonds is 3. The summed E-state index contributed by atoms with van der Waals surface area (Å²) in [6.07, 6.45) is 1.39. The Morgan fingerprint density at radius 3 is 2.53 bits per heavy atom. The van der Waals surface area contributed by atoms with Crippen LogP contribution in [0.5, 0.6) is 0 Å². The molecule has 0 bridgehead atoms. The van der Waals surface area contributed by atoms with E-state index < -0.39 is 10.0 Å². The number of hydrogen-bond donors (Lipinski definition) is 1. The van der Waals surface area contributed by atoms with Gasteiger partial charge in [0.2, 0.25) is 0 Å². The third-order valence-electron chi connectivity index (χ3n) is 2.60. The van der Waals surface area contributed by atoms with E-state index in [0.29, 0.717) is 10.6 Å². The van der Waals surface area contributed by atoms with Gasteiger partial charge >= 0.3 is 0 Å². The molecule has 0 aliphatic rings. The molecule has 0 saturated carbocycles. The summed E-state index contributed by atoms with van der Waals surface area (Å²) in [4.78, 5) is 4.17. The fraction of sp³-hybridized carbons (Fsp3) is 0.154. The Bertz CT molecular complexity index is 697. The minimum atomic E-state index is -3.63. The topological polar surface area (TPSA) is 59.1 Å². The number of pyridine rings is 1. The lowest BCUT2D eigenvalue weighted by atomic mass is 10.2. The monoisotopic (exact) mass is 296 g/mol. The SMILES string of the molecule is Cc1ccc(C)c(S(=O)(=O)Nc2ccc(Cl)cn2)c1. The van der Waals surface area contributed by atoms with Crippen LogP contribution in [0.2, 0.25) is 5.02 Å². The second kappa shape index (κ2) is 5.19. The van der Waals surface area contributed by atoms with E-state index >= 15 is 0 Å². The molecule has 2 aromatic rings. The summed E-state index contributed by atoms with van der Waals surface area (Å²) in [5.74, 6) is 0.241. The Kier molecular flexibility index (Phi) is 3.78. The largest absolute Gasteiger partial charge is 0.263 e. The highest BCUT2D eigenvalue weighted by Gasteiger charge is 2.17. The van der Waals surface area contributed by atoms with Gasteiger partial charge < -0.3 is 0 Å². The molecule has 1 heterocycles. The van der Waals surface area contributed by atoms with Crippen LogP contribution in [-0.2, 0) is 10.0 Å². The molecule has 0 aliphatic heterocycles. The molecule has 0 saturated heterocycles. The van der Waals surface area contributed by atoms with E-state index in [1.165, 1.54) is 12.3 Å². The van der Waals surface area contributed by atoms with Gasteiger partial charge in [-0.15, -0.1) is 0 Å². The molecule has 4 nitrogen and oxygen atoms in total.